The van der Waals surface area contributed by atoms with Gasteiger partial charge in [0.1, 0.15) is 17.3 Å². The van der Waals surface area contributed by atoms with Crippen molar-refractivity contribution in [1.29, 1.82) is 0 Å². The minimum absolute atomic E-state index is 0.0661. The summed E-state index contributed by atoms with van der Waals surface area (Å²) in [4.78, 5) is 16.8. The van der Waals surface area contributed by atoms with E-state index in [1.54, 1.807) is 23.6 Å². The first kappa shape index (κ1) is 18.0. The molecule has 3 heterocycles. The summed E-state index contributed by atoms with van der Waals surface area (Å²) >= 11 is 6.08. The van der Waals surface area contributed by atoms with Crippen LogP contribution in [0.5, 0.6) is 5.88 Å². The molecule has 0 radical (unpaired) electrons. The maximum absolute atomic E-state index is 13.2. The summed E-state index contributed by atoms with van der Waals surface area (Å²) in [6.07, 6.45) is 4.57. The lowest BCUT2D eigenvalue weighted by molar-refractivity contribution is -0.141. The van der Waals surface area contributed by atoms with E-state index in [0.717, 1.165) is 0 Å². The van der Waals surface area contributed by atoms with Crippen LogP contribution in [0.3, 0.4) is 0 Å². The summed E-state index contributed by atoms with van der Waals surface area (Å²) in [5.41, 5.74) is 2.21. The molecule has 140 valence electrons. The van der Waals surface area contributed by atoms with Gasteiger partial charge in [0, 0.05) is 11.6 Å². The smallest absolute Gasteiger partial charge is 0.256 e. The lowest BCUT2D eigenvalue weighted by Gasteiger charge is -2.09. The summed E-state index contributed by atoms with van der Waals surface area (Å²) < 4.78 is 15.0. The van der Waals surface area contributed by atoms with Crippen molar-refractivity contribution in [3.63, 3.8) is 0 Å². The number of aromatic nitrogens is 6. The Morgan fingerprint density at radius 2 is 1.79 bits per heavy atom. The highest BCUT2D eigenvalue weighted by atomic mass is 35.5. The van der Waals surface area contributed by atoms with E-state index in [9.17, 15) is 4.39 Å². The summed E-state index contributed by atoms with van der Waals surface area (Å²) in [7, 11) is 0. The Kier molecular flexibility index (Phi) is 4.68. The Hall–Kier alpha value is -3.43. The van der Waals surface area contributed by atoms with Crippen LogP contribution in [0.4, 0.5) is 4.39 Å². The van der Waals surface area contributed by atoms with Crippen molar-refractivity contribution in [2.45, 2.75) is 6.92 Å². The molecule has 4 aromatic rings. The zero-order valence-corrected chi connectivity index (χ0v) is 15.2. The normalized spacial score (nSPS) is 10.9. The highest BCUT2D eigenvalue weighted by Gasteiger charge is 2.16. The highest BCUT2D eigenvalue weighted by molar-refractivity contribution is 6.33. The van der Waals surface area contributed by atoms with Crippen LogP contribution >= 0.6 is 11.6 Å². The van der Waals surface area contributed by atoms with Crippen LogP contribution < -0.4 is 4.89 Å². The van der Waals surface area contributed by atoms with E-state index in [-0.39, 0.29) is 10.9 Å². The van der Waals surface area contributed by atoms with Crippen LogP contribution in [-0.4, -0.2) is 35.0 Å². The number of hydrogen-bond acceptors (Lipinski definition) is 7. The second kappa shape index (κ2) is 7.29. The van der Waals surface area contributed by atoms with Crippen molar-refractivity contribution in [2.24, 2.45) is 0 Å². The quantitative estimate of drug-likeness (QED) is 0.413. The molecule has 0 fully saturated rings. The van der Waals surface area contributed by atoms with Crippen molar-refractivity contribution >= 4 is 11.6 Å². The van der Waals surface area contributed by atoms with Crippen LogP contribution in [0.2, 0.25) is 5.02 Å². The van der Waals surface area contributed by atoms with Gasteiger partial charge in [-0.2, -0.15) is 0 Å². The van der Waals surface area contributed by atoms with E-state index in [1.807, 2.05) is 0 Å². The second-order valence-corrected chi connectivity index (χ2v) is 6.17. The number of pyridine rings is 1. The fraction of sp³-hybridized carbons (Fsp3) is 0.0556. The number of hydrogen-bond donors (Lipinski definition) is 1. The molecule has 10 heteroatoms. The Morgan fingerprint density at radius 1 is 1.00 bits per heavy atom. The molecule has 0 amide bonds. The molecule has 0 spiro atoms. The van der Waals surface area contributed by atoms with Gasteiger partial charge in [-0.15, -0.1) is 10.2 Å². The number of rotatable bonds is 4. The third-order valence-corrected chi connectivity index (χ3v) is 4.30. The number of nitrogens with zero attached hydrogens (tertiary/aromatic N) is 6. The van der Waals surface area contributed by atoms with Gasteiger partial charge in [-0.1, -0.05) is 11.6 Å². The van der Waals surface area contributed by atoms with Crippen molar-refractivity contribution < 1.29 is 14.5 Å². The van der Waals surface area contributed by atoms with Crippen LogP contribution in [0, 0.1) is 12.7 Å². The van der Waals surface area contributed by atoms with Crippen molar-refractivity contribution in [3.05, 3.63) is 65.6 Å². The van der Waals surface area contributed by atoms with Crippen molar-refractivity contribution in [3.8, 4) is 34.3 Å². The Bertz CT molecular complexity index is 1130. The third kappa shape index (κ3) is 3.28. The molecule has 3 aromatic heterocycles. The molecule has 0 aliphatic rings. The minimum atomic E-state index is -0.423. The maximum Gasteiger partial charge on any atom is 0.256 e. The number of halogens is 2. The van der Waals surface area contributed by atoms with E-state index < -0.39 is 5.82 Å². The summed E-state index contributed by atoms with van der Waals surface area (Å²) in [6.45, 7) is 1.78. The maximum atomic E-state index is 13.2. The van der Waals surface area contributed by atoms with Gasteiger partial charge in [0.25, 0.3) is 5.88 Å². The molecule has 0 atom stereocenters. The summed E-state index contributed by atoms with van der Waals surface area (Å²) in [6, 6.07) is 7.27. The van der Waals surface area contributed by atoms with E-state index in [2.05, 4.69) is 30.0 Å². The third-order valence-electron chi connectivity index (χ3n) is 3.99. The molecule has 0 saturated carbocycles. The van der Waals surface area contributed by atoms with Gasteiger partial charge < -0.3 is 4.89 Å². The lowest BCUT2D eigenvalue weighted by Crippen LogP contribution is -2.02. The average molecular weight is 399 g/mol. The van der Waals surface area contributed by atoms with Gasteiger partial charge in [-0.25, -0.2) is 19.6 Å². The van der Waals surface area contributed by atoms with Crippen LogP contribution in [-0.2, 0) is 0 Å². The molecule has 8 nitrogen and oxygen atoms in total. The molecule has 0 aliphatic heterocycles. The zero-order valence-electron chi connectivity index (χ0n) is 14.4. The highest BCUT2D eigenvalue weighted by Crippen LogP contribution is 2.28. The first-order valence-corrected chi connectivity index (χ1v) is 8.42. The molecular weight excluding hydrogens is 387 g/mol. The number of benzene rings is 1. The van der Waals surface area contributed by atoms with Crippen LogP contribution in [0.1, 0.15) is 5.82 Å². The second-order valence-electron chi connectivity index (χ2n) is 5.76. The number of aryl methyl sites for hydroxylation is 1. The first-order chi connectivity index (χ1) is 13.6. The van der Waals surface area contributed by atoms with Crippen LogP contribution in [0.25, 0.3) is 28.5 Å². The molecule has 28 heavy (non-hydrogen) atoms. The topological polar surface area (TPSA) is 98.8 Å². The molecule has 0 aliphatic carbocycles. The van der Waals surface area contributed by atoms with Gasteiger partial charge >= 0.3 is 0 Å². The molecule has 0 saturated heterocycles. The molecular formula is C18H12ClFN6O2. The summed E-state index contributed by atoms with van der Waals surface area (Å²) in [5.74, 6) is 0.715. The monoisotopic (exact) mass is 398 g/mol. The first-order valence-electron chi connectivity index (χ1n) is 8.04. The van der Waals surface area contributed by atoms with Crippen molar-refractivity contribution in [2.75, 3.05) is 0 Å². The average Bonchev–Trinajstić information content (AvgIpc) is 3.10. The summed E-state index contributed by atoms with van der Waals surface area (Å²) in [5, 5.41) is 17.2. The van der Waals surface area contributed by atoms with Gasteiger partial charge in [-0.3, -0.25) is 9.55 Å². The predicted octanol–water partition coefficient (Wildman–Crippen LogP) is 3.74. The SMILES string of the molecule is Cc1nnc(-c2cnc(-c3ccc(F)cc3Cl)cn2)n1-c1ccc(OO)nc1. The molecule has 1 aromatic carbocycles. The minimum Gasteiger partial charge on any atom is -0.320 e. The standard InChI is InChI=1S/C18H12ClFN6O2/c1-10-24-25-18(26(10)12-3-5-17(28-27)23-7-12)16-9-21-15(8-22-16)13-4-2-11(20)6-14(13)19/h2-9,27H,1H3. The molecule has 1 N–H and O–H groups in total. The van der Waals surface area contributed by atoms with Gasteiger partial charge in [0.05, 0.1) is 35.0 Å². The molecule has 0 unspecified atom stereocenters. The predicted molar refractivity (Wildman–Crippen MR) is 98.6 cm³/mol. The van der Waals surface area contributed by atoms with Gasteiger partial charge in [0.15, 0.2) is 5.82 Å². The van der Waals surface area contributed by atoms with E-state index in [1.165, 1.54) is 36.8 Å². The van der Waals surface area contributed by atoms with E-state index in [4.69, 9.17) is 16.9 Å². The van der Waals surface area contributed by atoms with Gasteiger partial charge in [-0.05, 0) is 31.2 Å². The fourth-order valence-electron chi connectivity index (χ4n) is 2.68. The molecule has 0 bridgehead atoms. The largest absolute Gasteiger partial charge is 0.320 e. The van der Waals surface area contributed by atoms with Gasteiger partial charge in [0.2, 0.25) is 0 Å². The zero-order chi connectivity index (χ0) is 19.7. The van der Waals surface area contributed by atoms with Crippen molar-refractivity contribution in [1.82, 2.24) is 29.7 Å². The molecule has 4 rings (SSSR count). The van der Waals surface area contributed by atoms with E-state index >= 15 is 0 Å². The van der Waals surface area contributed by atoms with Crippen LogP contribution in [0.15, 0.2) is 48.9 Å². The van der Waals surface area contributed by atoms with E-state index in [0.29, 0.717) is 34.3 Å². The lowest BCUT2D eigenvalue weighted by atomic mass is 10.1. The Balaban J connectivity index is 1.72. The Morgan fingerprint density at radius 3 is 2.43 bits per heavy atom. The fourth-order valence-corrected chi connectivity index (χ4v) is 2.94. The Labute approximate surface area is 163 Å².